The van der Waals surface area contributed by atoms with Crippen LogP contribution in [0.1, 0.15) is 6.42 Å². The van der Waals surface area contributed by atoms with Crippen LogP contribution in [0, 0.1) is 0 Å². The molecule has 0 bridgehead atoms. The summed E-state index contributed by atoms with van der Waals surface area (Å²) in [5, 5.41) is 8.60. The van der Waals surface area contributed by atoms with E-state index in [-0.39, 0.29) is 24.7 Å². The van der Waals surface area contributed by atoms with Gasteiger partial charge < -0.3 is 9.84 Å². The summed E-state index contributed by atoms with van der Waals surface area (Å²) in [6, 6.07) is 0. The van der Waals surface area contributed by atoms with Crippen molar-refractivity contribution in [3.05, 3.63) is 0 Å². The van der Waals surface area contributed by atoms with Gasteiger partial charge >= 0.3 is 0 Å². The molecule has 2 nitrogen and oxygen atoms in total. The maximum absolute atomic E-state index is 8.60. The van der Waals surface area contributed by atoms with Crippen molar-refractivity contribution in [2.75, 3.05) is 13.2 Å². The van der Waals surface area contributed by atoms with Crippen molar-refractivity contribution < 1.29 is 28.4 Å². The van der Waals surface area contributed by atoms with Gasteiger partial charge in [-0.1, -0.05) is 0 Å². The summed E-state index contributed by atoms with van der Waals surface area (Å²) in [7, 11) is 0. The molecule has 1 rings (SSSR count). The summed E-state index contributed by atoms with van der Waals surface area (Å²) in [6.07, 6.45) is 0.644. The third-order valence-corrected chi connectivity index (χ3v) is 0.906. The van der Waals surface area contributed by atoms with Gasteiger partial charge in [0, 0.05) is 25.2 Å². The number of ether oxygens (including phenoxy) is 1. The molecular formula is C4H8O2V. The molecule has 0 aromatic rings. The van der Waals surface area contributed by atoms with Crippen LogP contribution >= 0.6 is 0 Å². The van der Waals surface area contributed by atoms with Crippen LogP contribution in [-0.2, 0) is 23.3 Å². The van der Waals surface area contributed by atoms with E-state index in [4.69, 9.17) is 9.84 Å². The summed E-state index contributed by atoms with van der Waals surface area (Å²) in [6.45, 7) is 1.28. The summed E-state index contributed by atoms with van der Waals surface area (Å²) >= 11 is 0. The van der Waals surface area contributed by atoms with E-state index >= 15 is 0 Å². The Morgan fingerprint density at radius 3 is 2.43 bits per heavy atom. The third-order valence-electron chi connectivity index (χ3n) is 0.906. The van der Waals surface area contributed by atoms with E-state index in [1.54, 1.807) is 0 Å². The Bertz CT molecular complexity index is 43.0. The number of aliphatic hydroxyl groups is 1. The minimum Gasteiger partial charge on any atom is -0.391 e. The third kappa shape index (κ3) is 2.34. The molecule has 0 spiro atoms. The average Bonchev–Trinajstić information content (AvgIpc) is 1.86. The molecule has 1 aliphatic heterocycles. The first kappa shape index (κ1) is 7.50. The minimum absolute atomic E-state index is 0. The Labute approximate surface area is 54.7 Å². The van der Waals surface area contributed by atoms with Gasteiger partial charge in [-0.15, -0.1) is 0 Å². The van der Waals surface area contributed by atoms with E-state index < -0.39 is 0 Å². The zero-order valence-corrected chi connectivity index (χ0v) is 5.40. The van der Waals surface area contributed by atoms with E-state index in [0.29, 0.717) is 6.61 Å². The monoisotopic (exact) mass is 139 g/mol. The molecule has 1 aliphatic rings. The van der Waals surface area contributed by atoms with Crippen molar-refractivity contribution in [1.29, 1.82) is 0 Å². The van der Waals surface area contributed by atoms with Crippen LogP contribution < -0.4 is 0 Å². The molecule has 1 N–H and O–H groups in total. The molecule has 1 fully saturated rings. The topological polar surface area (TPSA) is 29.5 Å². The molecule has 0 aliphatic carbocycles. The van der Waals surface area contributed by atoms with Crippen LogP contribution in [0.2, 0.25) is 0 Å². The van der Waals surface area contributed by atoms with E-state index in [2.05, 4.69) is 0 Å². The standard InChI is InChI=1S/C4H8O2.V/c5-4-1-2-6-3-4;/h4-5H,1-3H2;. The Morgan fingerprint density at radius 2 is 2.29 bits per heavy atom. The van der Waals surface area contributed by atoms with Crippen molar-refractivity contribution >= 4 is 0 Å². The molecule has 1 heterocycles. The molecule has 7 heavy (non-hydrogen) atoms. The van der Waals surface area contributed by atoms with Gasteiger partial charge in [0.25, 0.3) is 0 Å². The van der Waals surface area contributed by atoms with Gasteiger partial charge in [-0.05, 0) is 6.42 Å². The fourth-order valence-electron chi connectivity index (χ4n) is 0.522. The fourth-order valence-corrected chi connectivity index (χ4v) is 0.522. The molecule has 1 saturated heterocycles. The zero-order chi connectivity index (χ0) is 4.41. The van der Waals surface area contributed by atoms with Crippen LogP contribution in [-0.4, -0.2) is 24.4 Å². The van der Waals surface area contributed by atoms with E-state index in [0.717, 1.165) is 13.0 Å². The minimum atomic E-state index is -0.176. The van der Waals surface area contributed by atoms with Crippen molar-refractivity contribution in [3.63, 3.8) is 0 Å². The number of hydrogen-bond acceptors (Lipinski definition) is 2. The molecule has 0 aromatic carbocycles. The summed E-state index contributed by atoms with van der Waals surface area (Å²) in [5.74, 6) is 0. The second-order valence-electron chi connectivity index (χ2n) is 1.52. The van der Waals surface area contributed by atoms with Crippen LogP contribution in [0.15, 0.2) is 0 Å². The molecule has 1 atom stereocenters. The first-order chi connectivity index (χ1) is 2.89. The first-order valence-electron chi connectivity index (χ1n) is 2.15. The SMILES string of the molecule is OC1CCOC1.[V]. The van der Waals surface area contributed by atoms with Gasteiger partial charge in [0.15, 0.2) is 0 Å². The quantitative estimate of drug-likeness (QED) is 0.502. The molecule has 3 heteroatoms. The van der Waals surface area contributed by atoms with Gasteiger partial charge in [-0.25, -0.2) is 0 Å². The van der Waals surface area contributed by atoms with Crippen LogP contribution in [0.5, 0.6) is 0 Å². The van der Waals surface area contributed by atoms with Crippen LogP contribution in [0.3, 0.4) is 0 Å². The van der Waals surface area contributed by atoms with Crippen molar-refractivity contribution in [3.8, 4) is 0 Å². The van der Waals surface area contributed by atoms with Crippen LogP contribution in [0.4, 0.5) is 0 Å². The van der Waals surface area contributed by atoms with E-state index in [1.807, 2.05) is 0 Å². The summed E-state index contributed by atoms with van der Waals surface area (Å²) in [4.78, 5) is 0. The normalized spacial score (nSPS) is 29.6. The largest absolute Gasteiger partial charge is 0.391 e. The number of hydrogen-bond donors (Lipinski definition) is 1. The Morgan fingerprint density at radius 1 is 1.57 bits per heavy atom. The molecule has 41 valence electrons. The average molecular weight is 139 g/mol. The van der Waals surface area contributed by atoms with Crippen molar-refractivity contribution in [2.45, 2.75) is 12.5 Å². The Balaban J connectivity index is 0.000000360. The summed E-state index contributed by atoms with van der Waals surface area (Å²) < 4.78 is 4.81. The van der Waals surface area contributed by atoms with Gasteiger partial charge in [0.05, 0.1) is 12.7 Å². The summed E-state index contributed by atoms with van der Waals surface area (Å²) in [5.41, 5.74) is 0. The van der Waals surface area contributed by atoms with Gasteiger partial charge in [0.1, 0.15) is 0 Å². The predicted molar refractivity (Wildman–Crippen MR) is 21.4 cm³/mol. The zero-order valence-electron chi connectivity index (χ0n) is 4.00. The molecule has 1 radical (unpaired) electrons. The van der Waals surface area contributed by atoms with E-state index in [9.17, 15) is 0 Å². The fraction of sp³-hybridized carbons (Fsp3) is 1.00. The maximum atomic E-state index is 8.60. The van der Waals surface area contributed by atoms with Gasteiger partial charge in [0.2, 0.25) is 0 Å². The van der Waals surface area contributed by atoms with Crippen molar-refractivity contribution in [1.82, 2.24) is 0 Å². The Kier molecular flexibility index (Phi) is 3.75. The number of aliphatic hydroxyl groups excluding tert-OH is 1. The Hall–Kier alpha value is 0.504. The van der Waals surface area contributed by atoms with Gasteiger partial charge in [-0.2, -0.15) is 0 Å². The maximum Gasteiger partial charge on any atom is 0.0795 e. The van der Waals surface area contributed by atoms with E-state index in [1.165, 1.54) is 0 Å². The molecule has 1 unspecified atom stereocenters. The smallest absolute Gasteiger partial charge is 0.0795 e. The number of rotatable bonds is 0. The second kappa shape index (κ2) is 3.50. The van der Waals surface area contributed by atoms with Gasteiger partial charge in [-0.3, -0.25) is 0 Å². The molecule has 0 amide bonds. The first-order valence-corrected chi connectivity index (χ1v) is 2.15. The second-order valence-corrected chi connectivity index (χ2v) is 1.52. The molecule has 0 saturated carbocycles. The predicted octanol–water partition coefficient (Wildman–Crippen LogP) is -0.235. The molecular weight excluding hydrogens is 131 g/mol. The molecule has 0 aromatic heterocycles. The van der Waals surface area contributed by atoms with Crippen molar-refractivity contribution in [2.24, 2.45) is 0 Å². The van der Waals surface area contributed by atoms with Crippen LogP contribution in [0.25, 0.3) is 0 Å².